The van der Waals surface area contributed by atoms with E-state index in [0.717, 1.165) is 24.3 Å². The zero-order valence-electron chi connectivity index (χ0n) is 14.1. The number of nitrogens with zero attached hydrogens (tertiary/aromatic N) is 2. The van der Waals surface area contributed by atoms with E-state index in [2.05, 4.69) is 41.4 Å². The Morgan fingerprint density at radius 3 is 2.46 bits per heavy atom. The van der Waals surface area contributed by atoms with E-state index >= 15 is 0 Å². The van der Waals surface area contributed by atoms with Gasteiger partial charge in [-0.3, -0.25) is 0 Å². The Hall–Kier alpha value is -2.20. The van der Waals surface area contributed by atoms with Crippen LogP contribution in [0.2, 0.25) is 5.02 Å². The highest BCUT2D eigenvalue weighted by Crippen LogP contribution is 2.21. The maximum absolute atomic E-state index is 12.5. The van der Waals surface area contributed by atoms with Crippen LogP contribution in [0.15, 0.2) is 42.5 Å². The number of nitrogens with one attached hydrogen (secondary N) is 1. The van der Waals surface area contributed by atoms with E-state index in [0.29, 0.717) is 18.1 Å². The van der Waals surface area contributed by atoms with Crippen molar-refractivity contribution in [2.45, 2.75) is 13.8 Å². The number of benzene rings is 2. The lowest BCUT2D eigenvalue weighted by molar-refractivity contribution is 0.208. The van der Waals surface area contributed by atoms with Gasteiger partial charge in [0.25, 0.3) is 0 Å². The van der Waals surface area contributed by atoms with Crippen LogP contribution in [0.3, 0.4) is 0 Å². The van der Waals surface area contributed by atoms with E-state index in [-0.39, 0.29) is 6.03 Å². The van der Waals surface area contributed by atoms with Crippen molar-refractivity contribution in [2.24, 2.45) is 0 Å². The number of amides is 2. The van der Waals surface area contributed by atoms with Crippen molar-refractivity contribution >= 4 is 29.0 Å². The minimum Gasteiger partial charge on any atom is -0.368 e. The summed E-state index contributed by atoms with van der Waals surface area (Å²) in [6.07, 6.45) is 0. The van der Waals surface area contributed by atoms with Crippen LogP contribution in [0, 0.1) is 13.8 Å². The van der Waals surface area contributed by atoms with Gasteiger partial charge in [-0.2, -0.15) is 0 Å². The number of urea groups is 1. The molecule has 24 heavy (non-hydrogen) atoms. The first-order chi connectivity index (χ1) is 11.5. The molecule has 126 valence electrons. The van der Waals surface area contributed by atoms with Gasteiger partial charge in [-0.15, -0.1) is 0 Å². The minimum atomic E-state index is -0.0516. The molecule has 5 heteroatoms. The molecule has 0 bridgehead atoms. The second-order valence-corrected chi connectivity index (χ2v) is 6.64. The molecule has 0 aliphatic carbocycles. The van der Waals surface area contributed by atoms with Crippen molar-refractivity contribution in [3.05, 3.63) is 58.6 Å². The third-order valence-electron chi connectivity index (χ3n) is 4.36. The number of hydrogen-bond donors (Lipinski definition) is 1. The van der Waals surface area contributed by atoms with Crippen molar-refractivity contribution in [3.8, 4) is 0 Å². The molecule has 0 aromatic heterocycles. The van der Waals surface area contributed by atoms with Gasteiger partial charge >= 0.3 is 6.03 Å². The Morgan fingerprint density at radius 2 is 1.79 bits per heavy atom. The first-order valence-corrected chi connectivity index (χ1v) is 8.54. The number of carbonyl (C=O) groups is 1. The lowest BCUT2D eigenvalue weighted by Crippen LogP contribution is -2.50. The molecular weight excluding hydrogens is 322 g/mol. The standard InChI is InChI=1S/C19H22ClN3O/c1-14-4-3-5-17(12-14)22-8-10-23(11-9-22)19(24)21-18-7-6-16(20)13-15(18)2/h3-7,12-13H,8-11H2,1-2H3,(H,21,24). The Morgan fingerprint density at radius 1 is 1.04 bits per heavy atom. The molecule has 1 heterocycles. The van der Waals surface area contributed by atoms with E-state index < -0.39 is 0 Å². The molecule has 4 nitrogen and oxygen atoms in total. The van der Waals surface area contributed by atoms with Crippen LogP contribution in [-0.4, -0.2) is 37.1 Å². The van der Waals surface area contributed by atoms with E-state index in [1.807, 2.05) is 24.0 Å². The predicted octanol–water partition coefficient (Wildman–Crippen LogP) is 4.31. The van der Waals surface area contributed by atoms with Crippen LogP contribution in [0.5, 0.6) is 0 Å². The molecule has 0 atom stereocenters. The summed E-state index contributed by atoms with van der Waals surface area (Å²) >= 11 is 5.96. The molecule has 3 rings (SSSR count). The highest BCUT2D eigenvalue weighted by Gasteiger charge is 2.21. The summed E-state index contributed by atoms with van der Waals surface area (Å²) in [5.41, 5.74) is 4.26. The molecule has 0 radical (unpaired) electrons. The van der Waals surface area contributed by atoms with Crippen LogP contribution >= 0.6 is 11.6 Å². The maximum atomic E-state index is 12.5. The minimum absolute atomic E-state index is 0.0516. The Balaban J connectivity index is 1.59. The SMILES string of the molecule is Cc1cccc(N2CCN(C(=O)Nc3ccc(Cl)cc3C)CC2)c1. The monoisotopic (exact) mass is 343 g/mol. The van der Waals surface area contributed by atoms with Crippen LogP contribution < -0.4 is 10.2 Å². The summed E-state index contributed by atoms with van der Waals surface area (Å²) < 4.78 is 0. The third kappa shape index (κ3) is 3.82. The number of halogens is 1. The number of hydrogen-bond acceptors (Lipinski definition) is 2. The lowest BCUT2D eigenvalue weighted by atomic mass is 10.2. The molecule has 1 fully saturated rings. The van der Waals surface area contributed by atoms with Crippen LogP contribution in [0.4, 0.5) is 16.2 Å². The fourth-order valence-corrected chi connectivity index (χ4v) is 3.18. The molecular formula is C19H22ClN3O. The molecule has 0 unspecified atom stereocenters. The van der Waals surface area contributed by atoms with E-state index in [1.54, 1.807) is 6.07 Å². The highest BCUT2D eigenvalue weighted by molar-refractivity contribution is 6.30. The average molecular weight is 344 g/mol. The number of rotatable bonds is 2. The van der Waals surface area contributed by atoms with Crippen molar-refractivity contribution in [1.82, 2.24) is 4.90 Å². The summed E-state index contributed by atoms with van der Waals surface area (Å²) in [6.45, 7) is 7.16. The fraction of sp³-hybridized carbons (Fsp3) is 0.316. The average Bonchev–Trinajstić information content (AvgIpc) is 2.57. The van der Waals surface area contributed by atoms with Gasteiger partial charge < -0.3 is 15.1 Å². The third-order valence-corrected chi connectivity index (χ3v) is 4.60. The first kappa shape index (κ1) is 16.7. The van der Waals surface area contributed by atoms with E-state index in [1.165, 1.54) is 11.3 Å². The second kappa shape index (κ2) is 7.14. The molecule has 1 N–H and O–H groups in total. The predicted molar refractivity (Wildman–Crippen MR) is 100 cm³/mol. The Kier molecular flexibility index (Phi) is 4.95. The Labute approximate surface area is 148 Å². The number of aryl methyl sites for hydroxylation is 2. The summed E-state index contributed by atoms with van der Waals surface area (Å²) in [7, 11) is 0. The van der Waals surface area contributed by atoms with Gasteiger partial charge in [0.2, 0.25) is 0 Å². The summed E-state index contributed by atoms with van der Waals surface area (Å²) in [6, 6.07) is 13.9. The van der Waals surface area contributed by atoms with Crippen LogP contribution in [0.25, 0.3) is 0 Å². The van der Waals surface area contributed by atoms with Crippen molar-refractivity contribution in [2.75, 3.05) is 36.4 Å². The largest absolute Gasteiger partial charge is 0.368 e. The van der Waals surface area contributed by atoms with Gasteiger partial charge in [0.15, 0.2) is 0 Å². The molecule has 2 aromatic carbocycles. The van der Waals surface area contributed by atoms with Gasteiger partial charge in [0.05, 0.1) is 0 Å². The molecule has 1 aliphatic heterocycles. The lowest BCUT2D eigenvalue weighted by Gasteiger charge is -2.36. The molecule has 2 amide bonds. The van der Waals surface area contributed by atoms with Crippen molar-refractivity contribution < 1.29 is 4.79 Å². The Bertz CT molecular complexity index is 739. The normalized spacial score (nSPS) is 14.6. The zero-order chi connectivity index (χ0) is 17.1. The zero-order valence-corrected chi connectivity index (χ0v) is 14.8. The first-order valence-electron chi connectivity index (χ1n) is 8.16. The summed E-state index contributed by atoms with van der Waals surface area (Å²) in [5.74, 6) is 0. The number of anilines is 2. The number of carbonyl (C=O) groups excluding carboxylic acids is 1. The molecule has 2 aromatic rings. The van der Waals surface area contributed by atoms with Gasteiger partial charge in [-0.1, -0.05) is 23.7 Å². The van der Waals surface area contributed by atoms with Crippen LogP contribution in [-0.2, 0) is 0 Å². The van der Waals surface area contributed by atoms with Crippen molar-refractivity contribution in [3.63, 3.8) is 0 Å². The molecule has 0 saturated carbocycles. The van der Waals surface area contributed by atoms with E-state index in [4.69, 9.17) is 11.6 Å². The van der Waals surface area contributed by atoms with Gasteiger partial charge in [-0.05, 0) is 55.3 Å². The topological polar surface area (TPSA) is 35.6 Å². The summed E-state index contributed by atoms with van der Waals surface area (Å²) in [4.78, 5) is 16.7. The second-order valence-electron chi connectivity index (χ2n) is 6.20. The quantitative estimate of drug-likeness (QED) is 0.881. The van der Waals surface area contributed by atoms with Crippen LogP contribution in [0.1, 0.15) is 11.1 Å². The van der Waals surface area contributed by atoms with Gasteiger partial charge in [0, 0.05) is 42.6 Å². The molecule has 1 saturated heterocycles. The highest BCUT2D eigenvalue weighted by atomic mass is 35.5. The van der Waals surface area contributed by atoms with Gasteiger partial charge in [-0.25, -0.2) is 4.79 Å². The molecule has 0 spiro atoms. The summed E-state index contributed by atoms with van der Waals surface area (Å²) in [5, 5.41) is 3.66. The fourth-order valence-electron chi connectivity index (χ4n) is 2.95. The number of piperazine rings is 1. The van der Waals surface area contributed by atoms with E-state index in [9.17, 15) is 4.79 Å². The maximum Gasteiger partial charge on any atom is 0.321 e. The van der Waals surface area contributed by atoms with Crippen molar-refractivity contribution in [1.29, 1.82) is 0 Å². The molecule has 1 aliphatic rings. The smallest absolute Gasteiger partial charge is 0.321 e. The van der Waals surface area contributed by atoms with Gasteiger partial charge in [0.1, 0.15) is 0 Å².